The first-order chi connectivity index (χ1) is 13.1. The van der Waals surface area contributed by atoms with E-state index >= 15 is 0 Å². The smallest absolute Gasteiger partial charge is 0.257 e. The van der Waals surface area contributed by atoms with Gasteiger partial charge in [0.2, 0.25) is 0 Å². The van der Waals surface area contributed by atoms with Gasteiger partial charge in [-0.2, -0.15) is 0 Å². The fraction of sp³-hybridized carbons (Fsp3) is 0.227. The topological polar surface area (TPSA) is 25.2 Å². The summed E-state index contributed by atoms with van der Waals surface area (Å²) >= 11 is 6.08. The third-order valence-electron chi connectivity index (χ3n) is 4.40. The Morgan fingerprint density at radius 3 is 2.67 bits per heavy atom. The summed E-state index contributed by atoms with van der Waals surface area (Å²) in [5.74, 6) is -0.775. The van der Waals surface area contributed by atoms with Gasteiger partial charge in [0, 0.05) is 30.0 Å². The Morgan fingerprint density at radius 2 is 1.93 bits per heavy atom. The molecule has 0 atom stereocenters. The van der Waals surface area contributed by atoms with Crippen LogP contribution >= 0.6 is 11.6 Å². The second-order valence-corrected chi connectivity index (χ2v) is 6.90. The fourth-order valence-electron chi connectivity index (χ4n) is 3.10. The third kappa shape index (κ3) is 4.77. The normalized spacial score (nSPS) is 10.8. The molecule has 0 unspecified atom stereocenters. The Bertz CT molecular complexity index is 922. The van der Waals surface area contributed by atoms with Crippen LogP contribution in [0.25, 0.3) is 0 Å². The van der Waals surface area contributed by atoms with Crippen LogP contribution in [-0.4, -0.2) is 21.9 Å². The molecule has 3 aromatic rings. The lowest BCUT2D eigenvalue weighted by molar-refractivity contribution is 0.0735. The van der Waals surface area contributed by atoms with Crippen molar-refractivity contribution in [3.05, 3.63) is 94.5 Å². The van der Waals surface area contributed by atoms with Crippen LogP contribution in [0.1, 0.15) is 35.0 Å². The summed E-state index contributed by atoms with van der Waals surface area (Å²) < 4.78 is 16.1. The molecule has 0 aliphatic rings. The van der Waals surface area contributed by atoms with Gasteiger partial charge in [-0.25, -0.2) is 4.39 Å². The summed E-state index contributed by atoms with van der Waals surface area (Å²) in [5, 5.41) is 0.698. The van der Waals surface area contributed by atoms with Gasteiger partial charge in [0.15, 0.2) is 0 Å². The summed E-state index contributed by atoms with van der Waals surface area (Å²) in [4.78, 5) is 14.6. The van der Waals surface area contributed by atoms with Crippen molar-refractivity contribution in [1.82, 2.24) is 9.47 Å². The second-order valence-electron chi connectivity index (χ2n) is 6.46. The first kappa shape index (κ1) is 19.2. The van der Waals surface area contributed by atoms with Gasteiger partial charge in [0.05, 0.1) is 12.1 Å². The number of rotatable bonds is 7. The van der Waals surface area contributed by atoms with Gasteiger partial charge in [-0.05, 0) is 48.4 Å². The molecule has 2 aromatic carbocycles. The highest BCUT2D eigenvalue weighted by Crippen LogP contribution is 2.17. The van der Waals surface area contributed by atoms with Crippen LogP contribution in [-0.2, 0) is 13.1 Å². The Kier molecular flexibility index (Phi) is 6.30. The van der Waals surface area contributed by atoms with E-state index in [9.17, 15) is 9.18 Å². The van der Waals surface area contributed by atoms with E-state index in [2.05, 4.69) is 4.57 Å². The van der Waals surface area contributed by atoms with E-state index in [0.29, 0.717) is 24.7 Å². The lowest BCUT2D eigenvalue weighted by Crippen LogP contribution is -2.32. The Labute approximate surface area is 164 Å². The predicted octanol–water partition coefficient (Wildman–Crippen LogP) is 5.38. The van der Waals surface area contributed by atoms with Gasteiger partial charge in [0.1, 0.15) is 5.82 Å². The highest BCUT2D eigenvalue weighted by atomic mass is 35.5. The van der Waals surface area contributed by atoms with Crippen LogP contribution < -0.4 is 0 Å². The maximum Gasteiger partial charge on any atom is 0.257 e. The largest absolute Gasteiger partial charge is 0.345 e. The minimum absolute atomic E-state index is 0.110. The van der Waals surface area contributed by atoms with Crippen LogP contribution in [0.2, 0.25) is 5.02 Å². The molecule has 0 aliphatic heterocycles. The van der Waals surface area contributed by atoms with Crippen molar-refractivity contribution < 1.29 is 9.18 Å². The lowest BCUT2D eigenvalue weighted by Gasteiger charge is -2.23. The van der Waals surface area contributed by atoms with Crippen molar-refractivity contribution in [2.75, 3.05) is 6.54 Å². The van der Waals surface area contributed by atoms with Crippen LogP contribution in [0.3, 0.4) is 0 Å². The molecule has 0 bridgehead atoms. The zero-order valence-electron chi connectivity index (χ0n) is 15.2. The van der Waals surface area contributed by atoms with Crippen molar-refractivity contribution in [1.29, 1.82) is 0 Å². The molecule has 3 rings (SSSR count). The number of halogens is 2. The number of nitrogens with zero attached hydrogens (tertiary/aromatic N) is 2. The number of carbonyl (C=O) groups excluding carboxylic acids is 1. The van der Waals surface area contributed by atoms with Gasteiger partial charge in [0.25, 0.3) is 5.91 Å². The Balaban J connectivity index is 1.81. The number of hydrogen-bond donors (Lipinski definition) is 0. The van der Waals surface area contributed by atoms with Gasteiger partial charge >= 0.3 is 0 Å². The van der Waals surface area contributed by atoms with E-state index in [0.717, 1.165) is 17.7 Å². The van der Waals surface area contributed by atoms with Crippen molar-refractivity contribution in [3.8, 4) is 0 Å². The predicted molar refractivity (Wildman–Crippen MR) is 106 cm³/mol. The molecule has 0 N–H and O–H groups in total. The first-order valence-corrected chi connectivity index (χ1v) is 9.38. The van der Waals surface area contributed by atoms with Gasteiger partial charge in [-0.15, -0.1) is 0 Å². The number of hydrogen-bond acceptors (Lipinski definition) is 1. The molecular weight excluding hydrogens is 363 g/mol. The highest BCUT2D eigenvalue weighted by molar-refractivity contribution is 6.30. The Morgan fingerprint density at radius 1 is 1.11 bits per heavy atom. The van der Waals surface area contributed by atoms with E-state index in [4.69, 9.17) is 11.6 Å². The molecule has 27 heavy (non-hydrogen) atoms. The molecule has 0 fully saturated rings. The average Bonchev–Trinajstić information content (AvgIpc) is 3.08. The molecule has 0 saturated heterocycles. The number of benzene rings is 2. The number of carbonyl (C=O) groups is 1. The Hall–Kier alpha value is -2.59. The van der Waals surface area contributed by atoms with E-state index in [1.807, 2.05) is 49.5 Å². The summed E-state index contributed by atoms with van der Waals surface area (Å²) in [5.41, 5.74) is 2.19. The summed E-state index contributed by atoms with van der Waals surface area (Å²) in [6.07, 6.45) is 2.78. The van der Waals surface area contributed by atoms with Gasteiger partial charge < -0.3 is 9.47 Å². The molecule has 0 saturated carbocycles. The van der Waals surface area contributed by atoms with Crippen molar-refractivity contribution in [2.45, 2.75) is 26.4 Å². The average molecular weight is 385 g/mol. The molecule has 5 heteroatoms. The highest BCUT2D eigenvalue weighted by Gasteiger charge is 2.19. The monoisotopic (exact) mass is 384 g/mol. The molecule has 0 radical (unpaired) electrons. The van der Waals surface area contributed by atoms with E-state index in [1.165, 1.54) is 12.1 Å². The molecule has 1 heterocycles. The van der Waals surface area contributed by atoms with Gasteiger partial charge in [-0.3, -0.25) is 4.79 Å². The SMILES string of the molecule is CCCN(Cc1cccn1Cc1cccc(Cl)c1)C(=O)c1ccccc1F. The zero-order valence-corrected chi connectivity index (χ0v) is 16.0. The maximum atomic E-state index is 14.1. The van der Waals surface area contributed by atoms with Crippen molar-refractivity contribution in [3.63, 3.8) is 0 Å². The quantitative estimate of drug-likeness (QED) is 0.536. The summed E-state index contributed by atoms with van der Waals surface area (Å²) in [6, 6.07) is 17.8. The summed E-state index contributed by atoms with van der Waals surface area (Å²) in [6.45, 7) is 3.66. The zero-order chi connectivity index (χ0) is 19.2. The van der Waals surface area contributed by atoms with Crippen molar-refractivity contribution in [2.24, 2.45) is 0 Å². The molecule has 3 nitrogen and oxygen atoms in total. The standard InChI is InChI=1S/C22H22ClFN2O/c1-2-12-26(22(27)20-10-3-4-11-21(20)24)16-19-9-6-13-25(19)15-17-7-5-8-18(23)14-17/h3-11,13-14H,2,12,15-16H2,1H3. The molecule has 140 valence electrons. The number of aromatic nitrogens is 1. The minimum Gasteiger partial charge on any atom is -0.345 e. The third-order valence-corrected chi connectivity index (χ3v) is 4.64. The maximum absolute atomic E-state index is 14.1. The first-order valence-electron chi connectivity index (χ1n) is 9.00. The minimum atomic E-state index is -0.488. The number of amides is 1. The van der Waals surface area contributed by atoms with Gasteiger partial charge in [-0.1, -0.05) is 42.8 Å². The molecule has 0 spiro atoms. The lowest BCUT2D eigenvalue weighted by atomic mass is 10.1. The molecular formula is C22H22ClFN2O. The van der Waals surface area contributed by atoms with Crippen molar-refractivity contribution >= 4 is 17.5 Å². The van der Waals surface area contributed by atoms with Crippen LogP contribution in [0.5, 0.6) is 0 Å². The van der Waals surface area contributed by atoms with Crippen LogP contribution in [0, 0.1) is 5.82 Å². The molecule has 1 amide bonds. The van der Waals surface area contributed by atoms with Crippen LogP contribution in [0.15, 0.2) is 66.9 Å². The fourth-order valence-corrected chi connectivity index (χ4v) is 3.32. The summed E-state index contributed by atoms with van der Waals surface area (Å²) in [7, 11) is 0. The molecule has 1 aromatic heterocycles. The molecule has 0 aliphatic carbocycles. The second kappa shape index (κ2) is 8.87. The van der Waals surface area contributed by atoms with E-state index < -0.39 is 5.82 Å². The van der Waals surface area contributed by atoms with E-state index in [1.54, 1.807) is 17.0 Å². The van der Waals surface area contributed by atoms with E-state index in [-0.39, 0.29) is 11.5 Å². The van der Waals surface area contributed by atoms with Crippen LogP contribution in [0.4, 0.5) is 4.39 Å².